The fraction of sp³-hybridized carbons (Fsp3) is 0.381. The van der Waals surface area contributed by atoms with Crippen LogP contribution in [-0.4, -0.2) is 58.7 Å². The van der Waals surface area contributed by atoms with Crippen LogP contribution >= 0.6 is 23.1 Å². The molecule has 1 aliphatic rings. The molecule has 1 aliphatic heterocycles. The first-order chi connectivity index (χ1) is 15.3. The molecule has 1 atom stereocenters. The first-order valence-corrected chi connectivity index (χ1v) is 14.0. The molecule has 0 saturated carbocycles. The molecule has 0 unspecified atom stereocenters. The number of amides is 1. The zero-order valence-electron chi connectivity index (χ0n) is 17.6. The van der Waals surface area contributed by atoms with Crippen LogP contribution in [0.2, 0.25) is 0 Å². The van der Waals surface area contributed by atoms with Gasteiger partial charge in [-0.15, -0.1) is 11.3 Å². The van der Waals surface area contributed by atoms with Crippen molar-refractivity contribution in [1.82, 2.24) is 14.6 Å². The molecule has 0 radical (unpaired) electrons. The Bertz CT molecular complexity index is 1300. The number of fused-ring (bicyclic) bond motifs is 1. The predicted molar refractivity (Wildman–Crippen MR) is 129 cm³/mol. The molecular formula is C21H24N4O4S3. The summed E-state index contributed by atoms with van der Waals surface area (Å²) >= 11 is 2.45. The number of carbonyl (C=O) groups excluding carboxylic acids is 1. The number of rotatable bonds is 7. The number of hydrogen-bond acceptors (Lipinski definition) is 8. The lowest BCUT2D eigenvalue weighted by Crippen LogP contribution is -2.42. The number of hydrogen-bond donors (Lipinski definition) is 1. The minimum absolute atomic E-state index is 0.00662. The second kappa shape index (κ2) is 9.24. The Balaban J connectivity index is 1.56. The van der Waals surface area contributed by atoms with Crippen molar-refractivity contribution in [2.75, 3.05) is 29.6 Å². The Morgan fingerprint density at radius 1 is 1.34 bits per heavy atom. The van der Waals surface area contributed by atoms with Crippen LogP contribution in [0.15, 0.2) is 45.7 Å². The number of benzene rings is 1. The van der Waals surface area contributed by atoms with Crippen molar-refractivity contribution < 1.29 is 13.2 Å². The van der Waals surface area contributed by atoms with Crippen LogP contribution in [0.3, 0.4) is 0 Å². The topological polar surface area (TPSA) is 115 Å². The average Bonchev–Trinajstić information content (AvgIpc) is 3.36. The van der Waals surface area contributed by atoms with Gasteiger partial charge in [0.2, 0.25) is 5.91 Å². The second-order valence-corrected chi connectivity index (χ2v) is 11.7. The number of sulfone groups is 1. The summed E-state index contributed by atoms with van der Waals surface area (Å²) < 4.78 is 24.7. The van der Waals surface area contributed by atoms with Gasteiger partial charge in [0.25, 0.3) is 5.56 Å². The molecule has 8 nitrogen and oxygen atoms in total. The zero-order valence-corrected chi connectivity index (χ0v) is 20.0. The maximum atomic E-state index is 13.0. The monoisotopic (exact) mass is 492 g/mol. The molecule has 3 aromatic rings. The van der Waals surface area contributed by atoms with Crippen LogP contribution in [-0.2, 0) is 14.6 Å². The van der Waals surface area contributed by atoms with Gasteiger partial charge in [-0.3, -0.25) is 9.59 Å². The number of nitrogens with two attached hydrogens (primary N) is 1. The smallest absolute Gasteiger partial charge is 0.282 e. The summed E-state index contributed by atoms with van der Waals surface area (Å²) in [4.78, 5) is 32.7. The van der Waals surface area contributed by atoms with Crippen LogP contribution in [0.25, 0.3) is 21.3 Å². The molecule has 32 heavy (non-hydrogen) atoms. The van der Waals surface area contributed by atoms with Crippen LogP contribution in [0.1, 0.15) is 19.8 Å². The Hall–Kier alpha value is -2.37. The molecule has 1 fully saturated rings. The van der Waals surface area contributed by atoms with E-state index in [2.05, 4.69) is 4.98 Å². The van der Waals surface area contributed by atoms with Gasteiger partial charge in [-0.05, 0) is 18.4 Å². The molecule has 170 valence electrons. The zero-order chi connectivity index (χ0) is 22.9. The molecule has 2 aromatic heterocycles. The standard InChI is InChI=1S/C21H24N4O4S3/c1-2-9-24(15-8-10-32(28,29)13-15)17(26)12-31-21-23-19-18(20(27)25(21)22)16(11-30-19)14-6-4-3-5-7-14/h3-7,11,15H,2,8-10,12-13,22H2,1H3/t15-/m0/s1. The third-order valence-electron chi connectivity index (χ3n) is 5.45. The van der Waals surface area contributed by atoms with Gasteiger partial charge in [0.1, 0.15) is 4.83 Å². The Morgan fingerprint density at radius 2 is 2.09 bits per heavy atom. The number of aromatic nitrogens is 2. The summed E-state index contributed by atoms with van der Waals surface area (Å²) in [7, 11) is -3.09. The molecule has 1 saturated heterocycles. The van der Waals surface area contributed by atoms with Gasteiger partial charge in [-0.1, -0.05) is 49.0 Å². The fourth-order valence-electron chi connectivity index (χ4n) is 3.90. The van der Waals surface area contributed by atoms with Crippen molar-refractivity contribution >= 4 is 49.1 Å². The summed E-state index contributed by atoms with van der Waals surface area (Å²) in [6.07, 6.45) is 1.19. The van der Waals surface area contributed by atoms with E-state index in [1.807, 2.05) is 42.6 Å². The summed E-state index contributed by atoms with van der Waals surface area (Å²) in [5.74, 6) is 6.03. The Morgan fingerprint density at radius 3 is 2.75 bits per heavy atom. The van der Waals surface area contributed by atoms with E-state index in [9.17, 15) is 18.0 Å². The normalized spacial score (nSPS) is 17.6. The number of nitrogens with zero attached hydrogens (tertiary/aromatic N) is 3. The maximum absolute atomic E-state index is 13.0. The molecule has 1 aromatic carbocycles. The molecular weight excluding hydrogens is 468 g/mol. The van der Waals surface area contributed by atoms with Crippen molar-refractivity contribution in [2.45, 2.75) is 31.0 Å². The largest absolute Gasteiger partial charge is 0.338 e. The molecule has 0 aliphatic carbocycles. The van der Waals surface area contributed by atoms with Crippen molar-refractivity contribution in [3.63, 3.8) is 0 Å². The molecule has 0 bridgehead atoms. The van der Waals surface area contributed by atoms with E-state index in [1.165, 1.54) is 11.3 Å². The second-order valence-electron chi connectivity index (χ2n) is 7.70. The lowest BCUT2D eigenvalue weighted by atomic mass is 10.1. The SMILES string of the molecule is CCCN(C(=O)CSc1nc2scc(-c3ccccc3)c2c(=O)n1N)[C@H]1CCS(=O)(=O)C1. The highest BCUT2D eigenvalue weighted by Crippen LogP contribution is 2.31. The van der Waals surface area contributed by atoms with Gasteiger partial charge in [0.15, 0.2) is 15.0 Å². The quantitative estimate of drug-likeness (QED) is 0.306. The molecule has 2 N–H and O–H groups in total. The van der Waals surface area contributed by atoms with E-state index in [0.29, 0.717) is 23.2 Å². The van der Waals surface area contributed by atoms with Crippen LogP contribution in [0, 0.1) is 0 Å². The molecule has 3 heterocycles. The highest BCUT2D eigenvalue weighted by Gasteiger charge is 2.34. The minimum Gasteiger partial charge on any atom is -0.338 e. The van der Waals surface area contributed by atoms with E-state index >= 15 is 0 Å². The van der Waals surface area contributed by atoms with E-state index in [4.69, 9.17) is 5.84 Å². The fourth-order valence-corrected chi connectivity index (χ4v) is 7.42. The molecule has 0 spiro atoms. The first kappa shape index (κ1) is 22.8. The van der Waals surface area contributed by atoms with Gasteiger partial charge in [0, 0.05) is 23.5 Å². The van der Waals surface area contributed by atoms with E-state index in [1.54, 1.807) is 4.90 Å². The molecule has 4 rings (SSSR count). The highest BCUT2D eigenvalue weighted by atomic mass is 32.2. The Kier molecular flexibility index (Phi) is 6.59. The van der Waals surface area contributed by atoms with Gasteiger partial charge in [-0.2, -0.15) is 0 Å². The third kappa shape index (κ3) is 4.55. The van der Waals surface area contributed by atoms with Gasteiger partial charge >= 0.3 is 0 Å². The average molecular weight is 493 g/mol. The lowest BCUT2D eigenvalue weighted by molar-refractivity contribution is -0.130. The van der Waals surface area contributed by atoms with Crippen molar-refractivity contribution in [1.29, 1.82) is 0 Å². The predicted octanol–water partition coefficient (Wildman–Crippen LogP) is 2.36. The summed E-state index contributed by atoms with van der Waals surface area (Å²) in [5.41, 5.74) is 1.33. The van der Waals surface area contributed by atoms with Crippen molar-refractivity contribution in [2.24, 2.45) is 0 Å². The third-order valence-corrected chi connectivity index (χ3v) is 9.01. The van der Waals surface area contributed by atoms with Crippen LogP contribution < -0.4 is 11.4 Å². The lowest BCUT2D eigenvalue weighted by Gasteiger charge is -2.27. The minimum atomic E-state index is -3.09. The van der Waals surface area contributed by atoms with Crippen molar-refractivity contribution in [3.8, 4) is 11.1 Å². The van der Waals surface area contributed by atoms with Crippen molar-refractivity contribution in [3.05, 3.63) is 46.1 Å². The molecule has 1 amide bonds. The van der Waals surface area contributed by atoms with Gasteiger partial charge < -0.3 is 10.7 Å². The van der Waals surface area contributed by atoms with Gasteiger partial charge in [0.05, 0.1) is 22.6 Å². The summed E-state index contributed by atoms with van der Waals surface area (Å²) in [6, 6.07) is 9.27. The van der Waals surface area contributed by atoms with Crippen LogP contribution in [0.5, 0.6) is 0 Å². The van der Waals surface area contributed by atoms with Gasteiger partial charge in [-0.25, -0.2) is 18.1 Å². The first-order valence-electron chi connectivity index (χ1n) is 10.3. The van der Waals surface area contributed by atoms with E-state index in [-0.39, 0.29) is 39.9 Å². The van der Waals surface area contributed by atoms with E-state index in [0.717, 1.165) is 34.0 Å². The maximum Gasteiger partial charge on any atom is 0.282 e. The number of thioether (sulfide) groups is 1. The Labute approximate surface area is 194 Å². The van der Waals surface area contributed by atoms with Crippen LogP contribution in [0.4, 0.5) is 0 Å². The highest BCUT2D eigenvalue weighted by molar-refractivity contribution is 7.99. The number of carbonyl (C=O) groups is 1. The van der Waals surface area contributed by atoms with E-state index < -0.39 is 9.84 Å². The molecule has 11 heteroatoms. The summed E-state index contributed by atoms with van der Waals surface area (Å²) in [6.45, 7) is 2.44. The number of thiophene rings is 1. The number of nitrogen functional groups attached to an aromatic ring is 1. The summed E-state index contributed by atoms with van der Waals surface area (Å²) in [5, 5.41) is 2.60.